The molecule has 1 saturated heterocycles. The SMILES string of the molecule is Cc1ccc(C(=O)Nc2cc(N3CCCCC3)c(C)cc2N)cc1. The number of carbonyl (C=O) groups excluding carboxylic acids is 1. The number of rotatable bonds is 3. The summed E-state index contributed by atoms with van der Waals surface area (Å²) in [4.78, 5) is 14.9. The molecule has 0 aliphatic carbocycles. The highest BCUT2D eigenvalue weighted by Gasteiger charge is 2.16. The average Bonchev–Trinajstić information content (AvgIpc) is 2.58. The lowest BCUT2D eigenvalue weighted by Crippen LogP contribution is -2.30. The third-order valence-corrected chi connectivity index (χ3v) is 4.63. The number of nitrogens with one attached hydrogen (secondary N) is 1. The largest absolute Gasteiger partial charge is 0.397 e. The number of benzene rings is 2. The number of hydrogen-bond acceptors (Lipinski definition) is 3. The van der Waals surface area contributed by atoms with Gasteiger partial charge in [0, 0.05) is 24.3 Å². The first-order valence-electron chi connectivity index (χ1n) is 8.57. The first kappa shape index (κ1) is 16.4. The van der Waals surface area contributed by atoms with Crippen LogP contribution in [-0.2, 0) is 0 Å². The molecule has 0 radical (unpaired) electrons. The average molecular weight is 323 g/mol. The zero-order valence-electron chi connectivity index (χ0n) is 14.4. The molecule has 4 heteroatoms. The minimum Gasteiger partial charge on any atom is -0.397 e. The van der Waals surface area contributed by atoms with Crippen molar-refractivity contribution in [2.75, 3.05) is 29.0 Å². The smallest absolute Gasteiger partial charge is 0.255 e. The van der Waals surface area contributed by atoms with Gasteiger partial charge in [-0.3, -0.25) is 4.79 Å². The molecular weight excluding hydrogens is 298 g/mol. The van der Waals surface area contributed by atoms with Gasteiger partial charge in [-0.15, -0.1) is 0 Å². The van der Waals surface area contributed by atoms with E-state index in [0.717, 1.165) is 24.2 Å². The Morgan fingerprint density at radius 2 is 1.71 bits per heavy atom. The molecule has 0 bridgehead atoms. The lowest BCUT2D eigenvalue weighted by Gasteiger charge is -2.31. The van der Waals surface area contributed by atoms with Crippen molar-refractivity contribution in [3.8, 4) is 0 Å². The summed E-state index contributed by atoms with van der Waals surface area (Å²) in [6.45, 7) is 6.21. The minimum atomic E-state index is -0.129. The van der Waals surface area contributed by atoms with Crippen molar-refractivity contribution in [1.29, 1.82) is 0 Å². The Kier molecular flexibility index (Phi) is 4.74. The number of anilines is 3. The van der Waals surface area contributed by atoms with Crippen molar-refractivity contribution in [3.63, 3.8) is 0 Å². The van der Waals surface area contributed by atoms with Gasteiger partial charge in [0.25, 0.3) is 5.91 Å². The van der Waals surface area contributed by atoms with E-state index in [1.165, 1.54) is 24.9 Å². The second kappa shape index (κ2) is 6.95. The van der Waals surface area contributed by atoms with Crippen molar-refractivity contribution >= 4 is 23.0 Å². The molecule has 3 N–H and O–H groups in total. The van der Waals surface area contributed by atoms with Gasteiger partial charge in [0.15, 0.2) is 0 Å². The van der Waals surface area contributed by atoms with Crippen LogP contribution < -0.4 is 16.0 Å². The quantitative estimate of drug-likeness (QED) is 0.835. The Morgan fingerprint density at radius 3 is 2.38 bits per heavy atom. The molecule has 1 fully saturated rings. The van der Waals surface area contributed by atoms with Gasteiger partial charge in [0.05, 0.1) is 11.4 Å². The lowest BCUT2D eigenvalue weighted by atomic mass is 10.1. The van der Waals surface area contributed by atoms with Crippen LogP contribution in [-0.4, -0.2) is 19.0 Å². The first-order chi connectivity index (χ1) is 11.5. The van der Waals surface area contributed by atoms with Gasteiger partial charge < -0.3 is 16.0 Å². The molecule has 0 aromatic heterocycles. The molecule has 0 saturated carbocycles. The van der Waals surface area contributed by atoms with Crippen LogP contribution in [0.15, 0.2) is 36.4 Å². The molecule has 4 nitrogen and oxygen atoms in total. The van der Waals surface area contributed by atoms with Gasteiger partial charge in [0.1, 0.15) is 0 Å². The van der Waals surface area contributed by atoms with E-state index < -0.39 is 0 Å². The van der Waals surface area contributed by atoms with E-state index in [1.54, 1.807) is 0 Å². The van der Waals surface area contributed by atoms with Crippen LogP contribution in [0.2, 0.25) is 0 Å². The van der Waals surface area contributed by atoms with Gasteiger partial charge in [-0.1, -0.05) is 17.7 Å². The predicted octanol–water partition coefficient (Wildman–Crippen LogP) is 4.13. The van der Waals surface area contributed by atoms with Crippen LogP contribution in [0, 0.1) is 13.8 Å². The Labute approximate surface area is 143 Å². The highest BCUT2D eigenvalue weighted by atomic mass is 16.1. The van der Waals surface area contributed by atoms with Crippen LogP contribution in [0.25, 0.3) is 0 Å². The highest BCUT2D eigenvalue weighted by molar-refractivity contribution is 6.06. The Balaban J connectivity index is 1.84. The second-order valence-electron chi connectivity index (χ2n) is 6.59. The van der Waals surface area contributed by atoms with Crippen LogP contribution in [0.3, 0.4) is 0 Å². The molecule has 3 rings (SSSR count). The van der Waals surface area contributed by atoms with E-state index >= 15 is 0 Å². The summed E-state index contributed by atoms with van der Waals surface area (Å²) in [7, 11) is 0. The molecule has 1 heterocycles. The summed E-state index contributed by atoms with van der Waals surface area (Å²) >= 11 is 0. The fraction of sp³-hybridized carbons (Fsp3) is 0.350. The molecule has 2 aromatic rings. The standard InChI is InChI=1S/C20H25N3O/c1-14-6-8-16(9-7-14)20(24)22-18-13-19(15(2)12-17(18)21)23-10-4-3-5-11-23/h6-9,12-13H,3-5,10-11,21H2,1-2H3,(H,22,24). The van der Waals surface area contributed by atoms with Crippen LogP contribution >= 0.6 is 0 Å². The monoisotopic (exact) mass is 323 g/mol. The summed E-state index contributed by atoms with van der Waals surface area (Å²) in [5.41, 5.74) is 11.5. The predicted molar refractivity (Wildman–Crippen MR) is 101 cm³/mol. The Hall–Kier alpha value is -2.49. The molecule has 1 aliphatic heterocycles. The van der Waals surface area contributed by atoms with Crippen LogP contribution in [0.5, 0.6) is 0 Å². The number of nitrogen functional groups attached to an aromatic ring is 1. The Bertz CT molecular complexity index is 731. The number of carbonyl (C=O) groups is 1. The summed E-state index contributed by atoms with van der Waals surface area (Å²) in [5, 5.41) is 2.96. The number of hydrogen-bond donors (Lipinski definition) is 2. The number of amides is 1. The zero-order valence-corrected chi connectivity index (χ0v) is 14.4. The van der Waals surface area contributed by atoms with E-state index in [-0.39, 0.29) is 5.91 Å². The number of aryl methyl sites for hydroxylation is 2. The maximum absolute atomic E-state index is 12.5. The van der Waals surface area contributed by atoms with Crippen molar-refractivity contribution in [2.24, 2.45) is 0 Å². The van der Waals surface area contributed by atoms with E-state index in [0.29, 0.717) is 16.9 Å². The number of piperidine rings is 1. The summed E-state index contributed by atoms with van der Waals surface area (Å²) in [6, 6.07) is 11.5. The third kappa shape index (κ3) is 3.53. The van der Waals surface area contributed by atoms with Crippen molar-refractivity contribution in [3.05, 3.63) is 53.1 Å². The van der Waals surface area contributed by atoms with Crippen LogP contribution in [0.4, 0.5) is 17.1 Å². The Morgan fingerprint density at radius 1 is 1.04 bits per heavy atom. The highest BCUT2D eigenvalue weighted by Crippen LogP contribution is 2.31. The van der Waals surface area contributed by atoms with Gasteiger partial charge in [-0.05, 0) is 62.9 Å². The molecule has 1 amide bonds. The third-order valence-electron chi connectivity index (χ3n) is 4.63. The number of nitrogens with zero attached hydrogens (tertiary/aromatic N) is 1. The normalized spacial score (nSPS) is 14.5. The molecule has 0 spiro atoms. The van der Waals surface area contributed by atoms with Gasteiger partial charge in [-0.25, -0.2) is 0 Å². The molecule has 24 heavy (non-hydrogen) atoms. The van der Waals surface area contributed by atoms with E-state index in [1.807, 2.05) is 43.3 Å². The molecule has 0 atom stereocenters. The van der Waals surface area contributed by atoms with Crippen molar-refractivity contribution < 1.29 is 4.79 Å². The molecule has 1 aliphatic rings. The molecule has 0 unspecified atom stereocenters. The first-order valence-corrected chi connectivity index (χ1v) is 8.57. The van der Waals surface area contributed by atoms with Gasteiger partial charge >= 0.3 is 0 Å². The topological polar surface area (TPSA) is 58.4 Å². The fourth-order valence-corrected chi connectivity index (χ4v) is 3.20. The maximum Gasteiger partial charge on any atom is 0.255 e. The van der Waals surface area contributed by atoms with Gasteiger partial charge in [-0.2, -0.15) is 0 Å². The van der Waals surface area contributed by atoms with E-state index in [9.17, 15) is 4.79 Å². The van der Waals surface area contributed by atoms with Crippen molar-refractivity contribution in [1.82, 2.24) is 0 Å². The lowest BCUT2D eigenvalue weighted by molar-refractivity contribution is 0.102. The molecule has 2 aromatic carbocycles. The molecule has 126 valence electrons. The second-order valence-corrected chi connectivity index (χ2v) is 6.59. The summed E-state index contributed by atoms with van der Waals surface area (Å²) < 4.78 is 0. The van der Waals surface area contributed by atoms with E-state index in [4.69, 9.17) is 5.73 Å². The zero-order chi connectivity index (χ0) is 17.1. The fourth-order valence-electron chi connectivity index (χ4n) is 3.20. The van der Waals surface area contributed by atoms with E-state index in [2.05, 4.69) is 17.1 Å². The van der Waals surface area contributed by atoms with Gasteiger partial charge in [0.2, 0.25) is 0 Å². The maximum atomic E-state index is 12.5. The molecular formula is C20H25N3O. The summed E-state index contributed by atoms with van der Waals surface area (Å²) in [5.74, 6) is -0.129. The summed E-state index contributed by atoms with van der Waals surface area (Å²) in [6.07, 6.45) is 3.73. The minimum absolute atomic E-state index is 0.129. The number of nitrogens with two attached hydrogens (primary N) is 1. The van der Waals surface area contributed by atoms with Crippen molar-refractivity contribution in [2.45, 2.75) is 33.1 Å². The van der Waals surface area contributed by atoms with Crippen LogP contribution in [0.1, 0.15) is 40.7 Å².